The van der Waals surface area contributed by atoms with Crippen molar-refractivity contribution in [3.05, 3.63) is 35.9 Å². The summed E-state index contributed by atoms with van der Waals surface area (Å²) in [7, 11) is 0. The van der Waals surface area contributed by atoms with Gasteiger partial charge in [-0.15, -0.1) is 0 Å². The third-order valence-corrected chi connectivity index (χ3v) is 4.28. The second kappa shape index (κ2) is 12.4. The third-order valence-electron chi connectivity index (χ3n) is 3.91. The molecule has 0 spiro atoms. The second-order valence-corrected chi connectivity index (χ2v) is 6.75. The molecule has 1 aromatic carbocycles. The maximum Gasteiger partial charge on any atom is 0.327 e. The fourth-order valence-corrected chi connectivity index (χ4v) is 2.62. The van der Waals surface area contributed by atoms with Crippen LogP contribution in [-0.4, -0.2) is 65.1 Å². The normalized spacial score (nSPS) is 13.4. The minimum atomic E-state index is -1.41. The molecule has 0 fully saturated rings. The highest BCUT2D eigenvalue weighted by Crippen LogP contribution is 2.02. The number of hydrogen-bond acceptors (Lipinski definition) is 7. The van der Waals surface area contributed by atoms with Crippen molar-refractivity contribution in [1.29, 1.82) is 0 Å². The van der Waals surface area contributed by atoms with Crippen LogP contribution in [-0.2, 0) is 30.4 Å². The minimum Gasteiger partial charge on any atom is -0.480 e. The highest BCUT2D eigenvalue weighted by atomic mass is 32.1. The summed E-state index contributed by atoms with van der Waals surface area (Å²) < 4.78 is 0. The number of carbonyl (C=O) groups excluding carboxylic acids is 4. The Kier molecular flexibility index (Phi) is 10.3. The lowest BCUT2D eigenvalue weighted by Crippen LogP contribution is -2.55. The van der Waals surface area contributed by atoms with Gasteiger partial charge in [0.05, 0.1) is 19.0 Å². The number of nitrogens with two attached hydrogens (primary N) is 2. The van der Waals surface area contributed by atoms with Crippen LogP contribution >= 0.6 is 12.6 Å². The summed E-state index contributed by atoms with van der Waals surface area (Å²) >= 11 is 3.81. The van der Waals surface area contributed by atoms with Gasteiger partial charge in [-0.1, -0.05) is 30.3 Å². The predicted molar refractivity (Wildman–Crippen MR) is 110 cm³/mol. The van der Waals surface area contributed by atoms with Gasteiger partial charge in [-0.3, -0.25) is 19.2 Å². The van der Waals surface area contributed by atoms with Crippen LogP contribution in [0.1, 0.15) is 12.0 Å². The summed E-state index contributed by atoms with van der Waals surface area (Å²) in [5.41, 5.74) is 11.7. The van der Waals surface area contributed by atoms with Gasteiger partial charge in [0, 0.05) is 5.75 Å². The van der Waals surface area contributed by atoms with Crippen molar-refractivity contribution >= 4 is 42.2 Å². The van der Waals surface area contributed by atoms with Gasteiger partial charge in [0.25, 0.3) is 0 Å². The molecule has 0 bridgehead atoms. The molecule has 0 aliphatic carbocycles. The molecule has 12 heteroatoms. The monoisotopic (exact) mass is 439 g/mol. The van der Waals surface area contributed by atoms with E-state index in [-0.39, 0.29) is 12.2 Å². The first kappa shape index (κ1) is 24.9. The molecule has 0 saturated heterocycles. The molecule has 0 radical (unpaired) electrons. The van der Waals surface area contributed by atoms with E-state index in [1.807, 2.05) is 18.2 Å². The van der Waals surface area contributed by atoms with Crippen LogP contribution < -0.4 is 27.4 Å². The smallest absolute Gasteiger partial charge is 0.327 e. The minimum absolute atomic E-state index is 0.201. The van der Waals surface area contributed by atoms with E-state index in [4.69, 9.17) is 16.6 Å². The Labute approximate surface area is 178 Å². The summed E-state index contributed by atoms with van der Waals surface area (Å²) in [6.45, 7) is -0.501. The molecule has 0 heterocycles. The summed E-state index contributed by atoms with van der Waals surface area (Å²) in [4.78, 5) is 58.5. The highest BCUT2D eigenvalue weighted by Gasteiger charge is 2.27. The lowest BCUT2D eigenvalue weighted by atomic mass is 10.1. The van der Waals surface area contributed by atoms with Crippen molar-refractivity contribution in [3.63, 3.8) is 0 Å². The first-order chi connectivity index (χ1) is 14.1. The molecule has 1 aromatic rings. The molecule has 0 aromatic heterocycles. The van der Waals surface area contributed by atoms with Gasteiger partial charge in [-0.05, 0) is 12.0 Å². The number of carboxylic acids is 1. The number of nitrogens with one attached hydrogen (secondary N) is 3. The van der Waals surface area contributed by atoms with Gasteiger partial charge in [0.1, 0.15) is 12.1 Å². The topological polar surface area (TPSA) is 194 Å². The number of rotatable bonds is 12. The number of aliphatic carboxylic acids is 1. The molecule has 3 unspecified atom stereocenters. The maximum atomic E-state index is 12.2. The van der Waals surface area contributed by atoms with Crippen molar-refractivity contribution < 1.29 is 29.1 Å². The van der Waals surface area contributed by atoms with E-state index in [2.05, 4.69) is 28.6 Å². The van der Waals surface area contributed by atoms with E-state index in [1.165, 1.54) is 0 Å². The van der Waals surface area contributed by atoms with Crippen LogP contribution in [0.25, 0.3) is 0 Å². The van der Waals surface area contributed by atoms with E-state index < -0.39 is 60.7 Å². The Morgan fingerprint density at radius 3 is 2.17 bits per heavy atom. The Morgan fingerprint density at radius 2 is 1.63 bits per heavy atom. The number of carboxylic acid groups (broad SMARTS) is 1. The fourth-order valence-electron chi connectivity index (χ4n) is 2.37. The van der Waals surface area contributed by atoms with Crippen molar-refractivity contribution in [2.24, 2.45) is 11.5 Å². The van der Waals surface area contributed by atoms with Crippen LogP contribution in [0, 0.1) is 0 Å². The Morgan fingerprint density at radius 1 is 1.00 bits per heavy atom. The van der Waals surface area contributed by atoms with Gasteiger partial charge >= 0.3 is 5.97 Å². The van der Waals surface area contributed by atoms with Crippen molar-refractivity contribution in [1.82, 2.24) is 16.0 Å². The molecule has 30 heavy (non-hydrogen) atoms. The zero-order chi connectivity index (χ0) is 22.7. The molecule has 0 aliphatic rings. The molecule has 0 aliphatic heterocycles. The average molecular weight is 439 g/mol. The largest absolute Gasteiger partial charge is 0.480 e. The molecular formula is C18H25N5O6S. The SMILES string of the molecule is NC(=O)CC(NC(=O)CNC(=O)C(N)Cc1ccccc1)C(=O)NC(CS)C(=O)O. The van der Waals surface area contributed by atoms with Crippen LogP contribution in [0.15, 0.2) is 30.3 Å². The zero-order valence-corrected chi connectivity index (χ0v) is 16.9. The van der Waals surface area contributed by atoms with Crippen molar-refractivity contribution in [3.8, 4) is 0 Å². The van der Waals surface area contributed by atoms with Crippen LogP contribution in [0.3, 0.4) is 0 Å². The van der Waals surface area contributed by atoms with Crippen LogP contribution in [0.2, 0.25) is 0 Å². The van der Waals surface area contributed by atoms with E-state index in [1.54, 1.807) is 12.1 Å². The molecule has 4 amide bonds. The Bertz CT molecular complexity index is 776. The summed E-state index contributed by atoms with van der Waals surface area (Å²) in [5.74, 6) is -4.70. The number of primary amides is 1. The molecule has 0 saturated carbocycles. The number of amides is 4. The van der Waals surface area contributed by atoms with E-state index >= 15 is 0 Å². The third kappa shape index (κ3) is 8.92. The number of carbonyl (C=O) groups is 5. The lowest BCUT2D eigenvalue weighted by molar-refractivity contribution is -0.141. The number of hydrogen-bond donors (Lipinski definition) is 7. The van der Waals surface area contributed by atoms with E-state index in [0.717, 1.165) is 5.56 Å². The lowest BCUT2D eigenvalue weighted by Gasteiger charge is -2.20. The molecule has 1 rings (SSSR count). The van der Waals surface area contributed by atoms with E-state index in [9.17, 15) is 24.0 Å². The van der Waals surface area contributed by atoms with E-state index in [0.29, 0.717) is 0 Å². The number of benzene rings is 1. The van der Waals surface area contributed by atoms with Gasteiger partial charge in [0.2, 0.25) is 23.6 Å². The quantitative estimate of drug-likeness (QED) is 0.175. The van der Waals surface area contributed by atoms with Crippen LogP contribution in [0.5, 0.6) is 0 Å². The first-order valence-electron chi connectivity index (χ1n) is 8.93. The van der Waals surface area contributed by atoms with Gasteiger partial charge in [-0.25, -0.2) is 4.79 Å². The predicted octanol–water partition coefficient (Wildman–Crippen LogP) is -2.47. The second-order valence-electron chi connectivity index (χ2n) is 6.39. The van der Waals surface area contributed by atoms with Crippen molar-refractivity contribution in [2.75, 3.05) is 12.3 Å². The standard InChI is InChI=1S/C18H25N5O6S/c19-11(6-10-4-2-1-3-5-10)16(26)21-8-15(25)22-12(7-14(20)24)17(27)23-13(9-30)18(28)29/h1-5,11-13,30H,6-9,19H2,(H2,20,24)(H,21,26)(H,22,25)(H,23,27)(H,28,29). The Hall–Kier alpha value is -3.12. The van der Waals surface area contributed by atoms with Gasteiger partial charge < -0.3 is 32.5 Å². The molecule has 11 nitrogen and oxygen atoms in total. The van der Waals surface area contributed by atoms with Gasteiger partial charge in [0.15, 0.2) is 0 Å². The van der Waals surface area contributed by atoms with Crippen molar-refractivity contribution in [2.45, 2.75) is 31.0 Å². The molecule has 164 valence electrons. The molecular weight excluding hydrogens is 414 g/mol. The average Bonchev–Trinajstić information content (AvgIpc) is 2.69. The summed E-state index contributed by atoms with van der Waals surface area (Å²) in [6, 6.07) is 5.43. The van der Waals surface area contributed by atoms with Gasteiger partial charge in [-0.2, -0.15) is 12.6 Å². The van der Waals surface area contributed by atoms with Crippen LogP contribution in [0.4, 0.5) is 0 Å². The molecule has 8 N–H and O–H groups in total. The Balaban J connectivity index is 2.60. The maximum absolute atomic E-state index is 12.2. The number of thiol groups is 1. The zero-order valence-electron chi connectivity index (χ0n) is 16.0. The summed E-state index contributed by atoms with van der Waals surface area (Å²) in [5, 5.41) is 15.7. The first-order valence-corrected chi connectivity index (χ1v) is 9.56. The highest BCUT2D eigenvalue weighted by molar-refractivity contribution is 7.80. The molecule has 3 atom stereocenters. The fraction of sp³-hybridized carbons (Fsp3) is 0.389. The summed E-state index contributed by atoms with van der Waals surface area (Å²) in [6.07, 6.45) is -0.292.